The predicted octanol–water partition coefficient (Wildman–Crippen LogP) is 1.87. The minimum Gasteiger partial charge on any atom is -0.480 e. The molecule has 0 radical (unpaired) electrons. The van der Waals surface area contributed by atoms with Gasteiger partial charge in [0.05, 0.1) is 12.9 Å². The van der Waals surface area contributed by atoms with Gasteiger partial charge in [0, 0.05) is 6.42 Å². The van der Waals surface area contributed by atoms with Gasteiger partial charge in [0.15, 0.2) is 5.41 Å². The van der Waals surface area contributed by atoms with Crippen LogP contribution in [0.25, 0.3) is 0 Å². The van der Waals surface area contributed by atoms with Crippen LogP contribution in [0.15, 0.2) is 22.8 Å². The molecule has 5 nitrogen and oxygen atoms in total. The molecule has 0 saturated heterocycles. The lowest BCUT2D eigenvalue weighted by Crippen LogP contribution is -2.42. The third kappa shape index (κ3) is 2.67. The van der Waals surface area contributed by atoms with E-state index < -0.39 is 17.4 Å². The summed E-state index contributed by atoms with van der Waals surface area (Å²) in [5.41, 5.74) is -1.56. The normalized spacial score (nSPS) is 14.0. The molecule has 0 aromatic carbocycles. The van der Waals surface area contributed by atoms with Crippen LogP contribution >= 0.6 is 0 Å². The SMILES string of the molecule is CCOC(=O)C(CC)(Cc1ccco1)C(=O)O. The molecule has 94 valence electrons. The van der Waals surface area contributed by atoms with Crippen molar-refractivity contribution in [2.24, 2.45) is 5.41 Å². The topological polar surface area (TPSA) is 76.7 Å². The van der Waals surface area contributed by atoms with E-state index in [4.69, 9.17) is 9.15 Å². The highest BCUT2D eigenvalue weighted by molar-refractivity contribution is 5.99. The van der Waals surface area contributed by atoms with E-state index in [2.05, 4.69) is 0 Å². The zero-order valence-corrected chi connectivity index (χ0v) is 9.93. The van der Waals surface area contributed by atoms with Crippen molar-refractivity contribution in [3.63, 3.8) is 0 Å². The molecule has 17 heavy (non-hydrogen) atoms. The summed E-state index contributed by atoms with van der Waals surface area (Å²) in [6.07, 6.45) is 1.61. The maximum absolute atomic E-state index is 11.8. The zero-order valence-electron chi connectivity index (χ0n) is 9.93. The number of rotatable bonds is 6. The molecule has 1 rings (SSSR count). The predicted molar refractivity (Wildman–Crippen MR) is 59.4 cm³/mol. The van der Waals surface area contributed by atoms with Crippen LogP contribution in [0, 0.1) is 5.41 Å². The fourth-order valence-corrected chi connectivity index (χ4v) is 1.64. The van der Waals surface area contributed by atoms with Crippen LogP contribution < -0.4 is 0 Å². The Bertz CT molecular complexity index is 382. The van der Waals surface area contributed by atoms with Crippen molar-refractivity contribution in [3.05, 3.63) is 24.2 Å². The maximum Gasteiger partial charge on any atom is 0.323 e. The number of hydrogen-bond acceptors (Lipinski definition) is 4. The van der Waals surface area contributed by atoms with Crippen LogP contribution in [-0.4, -0.2) is 23.7 Å². The van der Waals surface area contributed by atoms with Gasteiger partial charge in [-0.3, -0.25) is 9.59 Å². The van der Waals surface area contributed by atoms with Crippen LogP contribution in [0.5, 0.6) is 0 Å². The van der Waals surface area contributed by atoms with Crippen molar-refractivity contribution in [2.45, 2.75) is 26.7 Å². The third-order valence-corrected chi connectivity index (χ3v) is 2.74. The van der Waals surface area contributed by atoms with Crippen molar-refractivity contribution in [2.75, 3.05) is 6.61 Å². The molecule has 0 bridgehead atoms. The first kappa shape index (κ1) is 13.3. The van der Waals surface area contributed by atoms with Crippen LogP contribution in [0.2, 0.25) is 0 Å². The van der Waals surface area contributed by atoms with Gasteiger partial charge in [-0.25, -0.2) is 0 Å². The van der Waals surface area contributed by atoms with Crippen molar-refractivity contribution >= 4 is 11.9 Å². The summed E-state index contributed by atoms with van der Waals surface area (Å²) in [4.78, 5) is 23.2. The minimum atomic E-state index is -1.56. The van der Waals surface area contributed by atoms with Crippen LogP contribution in [0.3, 0.4) is 0 Å². The number of hydrogen-bond donors (Lipinski definition) is 1. The number of carbonyl (C=O) groups is 2. The van der Waals surface area contributed by atoms with E-state index in [1.54, 1.807) is 26.0 Å². The van der Waals surface area contributed by atoms with E-state index in [9.17, 15) is 14.7 Å². The Labute approximate surface area is 99.4 Å². The molecule has 1 unspecified atom stereocenters. The van der Waals surface area contributed by atoms with E-state index in [0.29, 0.717) is 5.76 Å². The Kier molecular flexibility index (Phi) is 4.31. The summed E-state index contributed by atoms with van der Waals surface area (Å²) >= 11 is 0. The second kappa shape index (κ2) is 5.52. The Morgan fingerprint density at radius 1 is 1.47 bits per heavy atom. The van der Waals surface area contributed by atoms with E-state index >= 15 is 0 Å². The van der Waals surface area contributed by atoms with Gasteiger partial charge in [-0.05, 0) is 25.5 Å². The highest BCUT2D eigenvalue weighted by Gasteiger charge is 2.46. The summed E-state index contributed by atoms with van der Waals surface area (Å²) in [7, 11) is 0. The van der Waals surface area contributed by atoms with Crippen molar-refractivity contribution in [1.29, 1.82) is 0 Å². The van der Waals surface area contributed by atoms with Crippen molar-refractivity contribution in [1.82, 2.24) is 0 Å². The van der Waals surface area contributed by atoms with E-state index in [1.807, 2.05) is 0 Å². The van der Waals surface area contributed by atoms with E-state index in [0.717, 1.165) is 0 Å². The van der Waals surface area contributed by atoms with E-state index in [-0.39, 0.29) is 19.4 Å². The van der Waals surface area contributed by atoms with Crippen LogP contribution in [0.1, 0.15) is 26.0 Å². The first-order valence-electron chi connectivity index (χ1n) is 5.49. The monoisotopic (exact) mass is 240 g/mol. The molecule has 1 aromatic rings. The third-order valence-electron chi connectivity index (χ3n) is 2.74. The number of carboxylic acid groups (broad SMARTS) is 1. The molecule has 0 saturated carbocycles. The number of ether oxygens (including phenoxy) is 1. The number of esters is 1. The van der Waals surface area contributed by atoms with Gasteiger partial charge in [-0.2, -0.15) is 0 Å². The number of aliphatic carboxylic acids is 1. The largest absolute Gasteiger partial charge is 0.480 e. The highest BCUT2D eigenvalue weighted by atomic mass is 16.5. The molecule has 5 heteroatoms. The summed E-state index contributed by atoms with van der Waals surface area (Å²) in [6, 6.07) is 3.30. The van der Waals surface area contributed by atoms with Gasteiger partial charge in [-0.15, -0.1) is 0 Å². The first-order chi connectivity index (χ1) is 8.06. The van der Waals surface area contributed by atoms with Gasteiger partial charge >= 0.3 is 11.9 Å². The number of carbonyl (C=O) groups excluding carboxylic acids is 1. The Morgan fingerprint density at radius 2 is 2.18 bits per heavy atom. The van der Waals surface area contributed by atoms with Gasteiger partial charge in [0.1, 0.15) is 5.76 Å². The fourth-order valence-electron chi connectivity index (χ4n) is 1.64. The summed E-state index contributed by atoms with van der Waals surface area (Å²) in [5, 5.41) is 9.28. The fraction of sp³-hybridized carbons (Fsp3) is 0.500. The number of carboxylic acids is 1. The second-order valence-corrected chi connectivity index (χ2v) is 3.72. The first-order valence-corrected chi connectivity index (χ1v) is 5.49. The second-order valence-electron chi connectivity index (χ2n) is 3.72. The molecule has 0 fully saturated rings. The smallest absolute Gasteiger partial charge is 0.323 e. The molecule has 0 aliphatic heterocycles. The Hall–Kier alpha value is -1.78. The average molecular weight is 240 g/mol. The quantitative estimate of drug-likeness (QED) is 0.606. The molecular formula is C12H16O5. The number of furan rings is 1. The van der Waals surface area contributed by atoms with Crippen LogP contribution in [-0.2, 0) is 20.7 Å². The lowest BCUT2D eigenvalue weighted by Gasteiger charge is -2.24. The lowest BCUT2D eigenvalue weighted by molar-refractivity contribution is -0.169. The minimum absolute atomic E-state index is 0.00463. The Balaban J connectivity index is 3.00. The molecule has 1 aromatic heterocycles. The van der Waals surface area contributed by atoms with Crippen molar-refractivity contribution in [3.8, 4) is 0 Å². The molecule has 0 spiro atoms. The summed E-state index contributed by atoms with van der Waals surface area (Å²) in [5.74, 6) is -1.44. The van der Waals surface area contributed by atoms with Crippen LogP contribution in [0.4, 0.5) is 0 Å². The molecular weight excluding hydrogens is 224 g/mol. The molecule has 0 amide bonds. The zero-order chi connectivity index (χ0) is 12.9. The van der Waals surface area contributed by atoms with Gasteiger partial charge in [0.2, 0.25) is 0 Å². The van der Waals surface area contributed by atoms with Gasteiger partial charge in [0.25, 0.3) is 0 Å². The Morgan fingerprint density at radius 3 is 2.59 bits per heavy atom. The van der Waals surface area contributed by atoms with Gasteiger partial charge < -0.3 is 14.3 Å². The highest BCUT2D eigenvalue weighted by Crippen LogP contribution is 2.29. The lowest BCUT2D eigenvalue weighted by atomic mass is 9.81. The van der Waals surface area contributed by atoms with Gasteiger partial charge in [-0.1, -0.05) is 6.92 Å². The molecule has 1 N–H and O–H groups in total. The van der Waals surface area contributed by atoms with Crippen molar-refractivity contribution < 1.29 is 23.8 Å². The molecule has 1 atom stereocenters. The average Bonchev–Trinajstić information content (AvgIpc) is 2.78. The van der Waals surface area contributed by atoms with E-state index in [1.165, 1.54) is 6.26 Å². The summed E-state index contributed by atoms with van der Waals surface area (Å²) < 4.78 is 9.95. The molecule has 0 aliphatic carbocycles. The standard InChI is InChI=1S/C12H16O5/c1-3-12(10(13)14,11(15)16-4-2)8-9-6-5-7-17-9/h5-7H,3-4,8H2,1-2H3,(H,13,14). The maximum atomic E-state index is 11.8. The molecule has 1 heterocycles. The summed E-state index contributed by atoms with van der Waals surface area (Å²) in [6.45, 7) is 3.45. The molecule has 0 aliphatic rings.